The van der Waals surface area contributed by atoms with Crippen LogP contribution in [0.1, 0.15) is 30.9 Å². The second-order valence-corrected chi connectivity index (χ2v) is 9.71. The molecule has 2 unspecified atom stereocenters. The van der Waals surface area contributed by atoms with Crippen molar-refractivity contribution in [3.63, 3.8) is 0 Å². The lowest BCUT2D eigenvalue weighted by Crippen LogP contribution is -2.32. The summed E-state index contributed by atoms with van der Waals surface area (Å²) in [5, 5.41) is 0. The van der Waals surface area contributed by atoms with E-state index >= 15 is 0 Å². The predicted octanol–water partition coefficient (Wildman–Crippen LogP) is 3.60. The summed E-state index contributed by atoms with van der Waals surface area (Å²) in [5.74, 6) is -0.240. The Hall–Kier alpha value is -1.32. The van der Waals surface area contributed by atoms with Gasteiger partial charge in [0.05, 0.1) is 4.90 Å². The molecule has 146 valence electrons. The second-order valence-electron chi connectivity index (χ2n) is 6.75. The average molecular weight is 456 g/mol. The maximum absolute atomic E-state index is 13.0. The van der Waals surface area contributed by atoms with Crippen molar-refractivity contribution in [2.24, 2.45) is 0 Å². The van der Waals surface area contributed by atoms with E-state index in [1.54, 1.807) is 43.4 Å². The Morgan fingerprint density at radius 2 is 1.78 bits per heavy atom. The first kappa shape index (κ1) is 20.4. The molecule has 2 aromatic carbocycles. The van der Waals surface area contributed by atoms with Crippen molar-refractivity contribution < 1.29 is 12.8 Å². The number of benzene rings is 2. The molecule has 1 fully saturated rings. The SMILES string of the molecule is CN(CCCC1CC(c2ccc(F)cc2)NN1)S(=O)(=O)c1ccc(Br)cc1. The van der Waals surface area contributed by atoms with Crippen LogP contribution in [0.2, 0.25) is 0 Å². The van der Waals surface area contributed by atoms with Gasteiger partial charge in [-0.2, -0.15) is 0 Å². The lowest BCUT2D eigenvalue weighted by Gasteiger charge is -2.18. The van der Waals surface area contributed by atoms with Crippen LogP contribution in [0.5, 0.6) is 0 Å². The summed E-state index contributed by atoms with van der Waals surface area (Å²) in [6.07, 6.45) is 2.49. The largest absolute Gasteiger partial charge is 0.254 e. The number of sulfonamides is 1. The van der Waals surface area contributed by atoms with Gasteiger partial charge in [0, 0.05) is 30.1 Å². The molecule has 2 aromatic rings. The zero-order valence-corrected chi connectivity index (χ0v) is 17.4. The van der Waals surface area contributed by atoms with Crippen LogP contribution in [-0.4, -0.2) is 32.4 Å². The van der Waals surface area contributed by atoms with Gasteiger partial charge in [-0.25, -0.2) is 17.1 Å². The molecule has 3 rings (SSSR count). The molecule has 0 aliphatic carbocycles. The smallest absolute Gasteiger partial charge is 0.242 e. The van der Waals surface area contributed by atoms with Gasteiger partial charge in [0.15, 0.2) is 0 Å². The number of rotatable bonds is 7. The third-order valence-corrected chi connectivity index (χ3v) is 7.20. The number of hydrazine groups is 1. The minimum absolute atomic E-state index is 0.139. The van der Waals surface area contributed by atoms with Gasteiger partial charge in [0.2, 0.25) is 10.0 Å². The molecule has 0 saturated carbocycles. The van der Waals surface area contributed by atoms with Crippen LogP contribution < -0.4 is 10.9 Å². The van der Waals surface area contributed by atoms with Gasteiger partial charge < -0.3 is 0 Å². The quantitative estimate of drug-likeness (QED) is 0.669. The highest BCUT2D eigenvalue weighted by atomic mass is 79.9. The molecular weight excluding hydrogens is 433 g/mol. The van der Waals surface area contributed by atoms with Crippen LogP contribution in [-0.2, 0) is 10.0 Å². The summed E-state index contributed by atoms with van der Waals surface area (Å²) in [7, 11) is -1.86. The topological polar surface area (TPSA) is 61.4 Å². The fourth-order valence-corrected chi connectivity index (χ4v) is 4.67. The zero-order valence-electron chi connectivity index (χ0n) is 15.0. The molecular formula is C19H23BrFN3O2S. The average Bonchev–Trinajstić information content (AvgIpc) is 3.11. The Morgan fingerprint density at radius 1 is 1.11 bits per heavy atom. The van der Waals surface area contributed by atoms with Crippen LogP contribution in [0.4, 0.5) is 4.39 Å². The minimum atomic E-state index is -3.47. The number of hydrogen-bond acceptors (Lipinski definition) is 4. The highest BCUT2D eigenvalue weighted by Crippen LogP contribution is 2.25. The number of halogens is 2. The zero-order chi connectivity index (χ0) is 19.4. The molecule has 1 aliphatic heterocycles. The lowest BCUT2D eigenvalue weighted by molar-refractivity contribution is 0.428. The fourth-order valence-electron chi connectivity index (χ4n) is 3.19. The molecule has 0 amide bonds. The molecule has 2 N–H and O–H groups in total. The summed E-state index contributed by atoms with van der Waals surface area (Å²) in [4.78, 5) is 0.297. The van der Waals surface area contributed by atoms with Crippen LogP contribution in [0, 0.1) is 5.82 Å². The first-order valence-electron chi connectivity index (χ1n) is 8.84. The monoisotopic (exact) mass is 455 g/mol. The molecule has 1 heterocycles. The van der Waals surface area contributed by atoms with Gasteiger partial charge in [0.1, 0.15) is 5.82 Å². The molecule has 5 nitrogen and oxygen atoms in total. The van der Waals surface area contributed by atoms with Crippen molar-refractivity contribution >= 4 is 26.0 Å². The van der Waals surface area contributed by atoms with Crippen molar-refractivity contribution in [2.75, 3.05) is 13.6 Å². The van der Waals surface area contributed by atoms with Crippen molar-refractivity contribution in [1.29, 1.82) is 0 Å². The molecule has 0 radical (unpaired) electrons. The van der Waals surface area contributed by atoms with Crippen LogP contribution in [0.15, 0.2) is 57.9 Å². The summed E-state index contributed by atoms with van der Waals surface area (Å²) in [6, 6.07) is 13.6. The van der Waals surface area contributed by atoms with E-state index in [-0.39, 0.29) is 17.9 Å². The molecule has 0 aromatic heterocycles. The Morgan fingerprint density at radius 3 is 2.44 bits per heavy atom. The maximum atomic E-state index is 13.0. The minimum Gasteiger partial charge on any atom is -0.254 e. The summed E-state index contributed by atoms with van der Waals surface area (Å²) < 4.78 is 40.5. The van der Waals surface area contributed by atoms with Gasteiger partial charge in [0.25, 0.3) is 0 Å². The molecule has 2 atom stereocenters. The van der Waals surface area contributed by atoms with Gasteiger partial charge in [-0.05, 0) is 61.2 Å². The normalized spacial score (nSPS) is 20.3. The van der Waals surface area contributed by atoms with Crippen molar-refractivity contribution in [3.05, 3.63) is 64.4 Å². The number of nitrogens with one attached hydrogen (secondary N) is 2. The third kappa shape index (κ3) is 5.14. The number of nitrogens with zero attached hydrogens (tertiary/aromatic N) is 1. The fraction of sp³-hybridized carbons (Fsp3) is 0.368. The molecule has 0 bridgehead atoms. The van der Waals surface area contributed by atoms with Crippen LogP contribution in [0.3, 0.4) is 0 Å². The summed E-state index contributed by atoms with van der Waals surface area (Å²) in [6.45, 7) is 0.456. The highest BCUT2D eigenvalue weighted by Gasteiger charge is 2.25. The van der Waals surface area contributed by atoms with Gasteiger partial charge in [-0.15, -0.1) is 0 Å². The van der Waals surface area contributed by atoms with E-state index in [0.717, 1.165) is 29.3 Å². The Kier molecular flexibility index (Phi) is 6.65. The van der Waals surface area contributed by atoms with Crippen molar-refractivity contribution in [3.8, 4) is 0 Å². The van der Waals surface area contributed by atoms with Crippen molar-refractivity contribution in [1.82, 2.24) is 15.2 Å². The van der Waals surface area contributed by atoms with E-state index in [0.29, 0.717) is 11.4 Å². The molecule has 27 heavy (non-hydrogen) atoms. The molecule has 1 aliphatic rings. The maximum Gasteiger partial charge on any atom is 0.242 e. The first-order valence-corrected chi connectivity index (χ1v) is 11.1. The molecule has 0 spiro atoms. The van der Waals surface area contributed by atoms with E-state index in [2.05, 4.69) is 26.8 Å². The summed E-state index contributed by atoms with van der Waals surface area (Å²) in [5.41, 5.74) is 7.53. The highest BCUT2D eigenvalue weighted by molar-refractivity contribution is 9.10. The number of hydrogen-bond donors (Lipinski definition) is 2. The molecule has 1 saturated heterocycles. The van der Waals surface area contributed by atoms with E-state index < -0.39 is 10.0 Å². The summed E-state index contributed by atoms with van der Waals surface area (Å²) >= 11 is 3.31. The third-order valence-electron chi connectivity index (χ3n) is 4.80. The van der Waals surface area contributed by atoms with E-state index in [4.69, 9.17) is 0 Å². The van der Waals surface area contributed by atoms with E-state index in [9.17, 15) is 12.8 Å². The first-order chi connectivity index (χ1) is 12.9. The van der Waals surface area contributed by atoms with Gasteiger partial charge >= 0.3 is 0 Å². The standard InChI is InChI=1S/C19H23BrFN3O2S/c1-24(27(25,26)18-10-6-15(20)7-11-18)12-2-3-17-13-19(23-22-17)14-4-8-16(21)9-5-14/h4-11,17,19,22-23H,2-3,12-13H2,1H3. The van der Waals surface area contributed by atoms with Crippen molar-refractivity contribution in [2.45, 2.75) is 36.2 Å². The second kappa shape index (κ2) is 8.79. The molecule has 8 heteroatoms. The Balaban J connectivity index is 1.48. The Bertz CT molecular complexity index is 860. The van der Waals surface area contributed by atoms with Gasteiger partial charge in [-0.1, -0.05) is 28.1 Å². The Labute approximate surface area is 168 Å². The predicted molar refractivity (Wildman–Crippen MR) is 107 cm³/mol. The van der Waals surface area contributed by atoms with Gasteiger partial charge in [-0.3, -0.25) is 10.9 Å². The van der Waals surface area contributed by atoms with Crippen LogP contribution in [0.25, 0.3) is 0 Å². The van der Waals surface area contributed by atoms with E-state index in [1.165, 1.54) is 16.4 Å². The van der Waals surface area contributed by atoms with E-state index in [1.807, 2.05) is 0 Å². The lowest BCUT2D eigenvalue weighted by atomic mass is 10.00. The van der Waals surface area contributed by atoms with Crippen LogP contribution >= 0.6 is 15.9 Å².